The van der Waals surface area contributed by atoms with E-state index in [1.807, 2.05) is 30.3 Å². The zero-order valence-corrected chi connectivity index (χ0v) is 14.5. The van der Waals surface area contributed by atoms with Gasteiger partial charge in [0.15, 0.2) is 0 Å². The molecule has 1 aromatic carbocycles. The molecule has 1 heterocycles. The first kappa shape index (κ1) is 17.7. The van der Waals surface area contributed by atoms with Crippen LogP contribution in [0.1, 0.15) is 33.6 Å². The summed E-state index contributed by atoms with van der Waals surface area (Å²) in [6, 6.07) is 9.38. The number of hydrogen-bond acceptors (Lipinski definition) is 5. The molecule has 6 heteroatoms. The van der Waals surface area contributed by atoms with Crippen molar-refractivity contribution in [3.05, 3.63) is 36.5 Å². The van der Waals surface area contributed by atoms with Gasteiger partial charge < -0.3 is 15.5 Å². The van der Waals surface area contributed by atoms with Crippen LogP contribution in [0, 0.1) is 0 Å². The summed E-state index contributed by atoms with van der Waals surface area (Å²) in [7, 11) is 0. The fourth-order valence-corrected chi connectivity index (χ4v) is 2.45. The van der Waals surface area contributed by atoms with Crippen LogP contribution in [0.25, 0.3) is 0 Å². The minimum absolute atomic E-state index is 0.0914. The van der Waals surface area contributed by atoms with E-state index in [2.05, 4.69) is 39.3 Å². The third-order valence-electron chi connectivity index (χ3n) is 3.37. The van der Waals surface area contributed by atoms with Crippen LogP contribution < -0.4 is 15.5 Å². The maximum Gasteiger partial charge on any atom is 0.227 e. The quantitative estimate of drug-likeness (QED) is 0.771. The molecule has 6 nitrogen and oxygen atoms in total. The molecule has 1 amide bonds. The molecule has 2 aromatic rings. The van der Waals surface area contributed by atoms with E-state index in [9.17, 15) is 4.79 Å². The van der Waals surface area contributed by atoms with Crippen molar-refractivity contribution in [3.8, 4) is 0 Å². The zero-order valence-electron chi connectivity index (χ0n) is 14.5. The van der Waals surface area contributed by atoms with Gasteiger partial charge in [-0.1, -0.05) is 19.9 Å². The molecule has 0 saturated heterocycles. The Morgan fingerprint density at radius 3 is 2.50 bits per heavy atom. The van der Waals surface area contributed by atoms with Crippen LogP contribution in [0.3, 0.4) is 0 Å². The summed E-state index contributed by atoms with van der Waals surface area (Å²) in [5, 5.41) is 6.04. The van der Waals surface area contributed by atoms with E-state index < -0.39 is 0 Å². The second kappa shape index (κ2) is 8.86. The first-order chi connectivity index (χ1) is 11.6. The monoisotopic (exact) mass is 327 g/mol. The Hall–Kier alpha value is -2.63. The van der Waals surface area contributed by atoms with Crippen LogP contribution in [0.5, 0.6) is 0 Å². The van der Waals surface area contributed by atoms with E-state index in [1.165, 1.54) is 6.92 Å². The summed E-state index contributed by atoms with van der Waals surface area (Å²) in [4.78, 5) is 22.4. The van der Waals surface area contributed by atoms with Gasteiger partial charge in [-0.3, -0.25) is 4.79 Å². The van der Waals surface area contributed by atoms with Gasteiger partial charge in [-0.05, 0) is 37.1 Å². The van der Waals surface area contributed by atoms with Crippen molar-refractivity contribution in [1.82, 2.24) is 9.97 Å². The van der Waals surface area contributed by atoms with Gasteiger partial charge in [0.05, 0.1) is 0 Å². The molecule has 24 heavy (non-hydrogen) atoms. The van der Waals surface area contributed by atoms with Crippen molar-refractivity contribution < 1.29 is 4.79 Å². The average molecular weight is 327 g/mol. The first-order valence-corrected chi connectivity index (χ1v) is 8.35. The van der Waals surface area contributed by atoms with Crippen LogP contribution in [0.15, 0.2) is 36.5 Å². The van der Waals surface area contributed by atoms with Crippen LogP contribution in [-0.2, 0) is 4.79 Å². The molecular weight excluding hydrogens is 302 g/mol. The minimum Gasteiger partial charge on any atom is -0.341 e. The number of carbonyl (C=O) groups is 1. The van der Waals surface area contributed by atoms with E-state index >= 15 is 0 Å². The average Bonchev–Trinajstić information content (AvgIpc) is 2.54. The second-order valence-electron chi connectivity index (χ2n) is 5.62. The fraction of sp³-hybridized carbons (Fsp3) is 0.389. The van der Waals surface area contributed by atoms with Gasteiger partial charge in [0, 0.05) is 37.6 Å². The molecule has 0 unspecified atom stereocenters. The van der Waals surface area contributed by atoms with Crippen molar-refractivity contribution >= 4 is 29.0 Å². The fourth-order valence-electron chi connectivity index (χ4n) is 2.45. The van der Waals surface area contributed by atoms with Gasteiger partial charge in [0.1, 0.15) is 5.82 Å². The first-order valence-electron chi connectivity index (χ1n) is 8.35. The highest BCUT2D eigenvalue weighted by atomic mass is 16.1. The van der Waals surface area contributed by atoms with Crippen LogP contribution in [0.4, 0.5) is 23.1 Å². The van der Waals surface area contributed by atoms with Gasteiger partial charge in [0.25, 0.3) is 0 Å². The molecule has 2 rings (SSSR count). The van der Waals surface area contributed by atoms with Crippen molar-refractivity contribution in [2.75, 3.05) is 28.6 Å². The number of amides is 1. The van der Waals surface area contributed by atoms with Crippen LogP contribution in [0.2, 0.25) is 0 Å². The van der Waals surface area contributed by atoms with Crippen molar-refractivity contribution in [3.63, 3.8) is 0 Å². The number of carbonyl (C=O) groups excluding carboxylic acids is 1. The summed E-state index contributed by atoms with van der Waals surface area (Å²) >= 11 is 0. The van der Waals surface area contributed by atoms with Gasteiger partial charge in [-0.15, -0.1) is 0 Å². The predicted octanol–water partition coefficient (Wildman–Crippen LogP) is 3.81. The number of hydrogen-bond donors (Lipinski definition) is 2. The minimum atomic E-state index is -0.0914. The summed E-state index contributed by atoms with van der Waals surface area (Å²) in [5.41, 5.74) is 1.61. The topological polar surface area (TPSA) is 70.2 Å². The number of aromatic nitrogens is 2. The lowest BCUT2D eigenvalue weighted by atomic mass is 10.2. The van der Waals surface area contributed by atoms with E-state index in [1.54, 1.807) is 6.20 Å². The Balaban J connectivity index is 2.15. The Morgan fingerprint density at radius 1 is 1.12 bits per heavy atom. The lowest BCUT2D eigenvalue weighted by Crippen LogP contribution is -2.27. The standard InChI is InChI=1S/C18H25N5O/c1-4-11-23(12-5-2)18-19-10-9-17(22-18)21-16-8-6-7-15(13-16)20-14(3)24/h6-10,13H,4-5,11-12H2,1-3H3,(H,20,24)(H,19,21,22). The van der Waals surface area contributed by atoms with Crippen molar-refractivity contribution in [1.29, 1.82) is 0 Å². The Bertz CT molecular complexity index is 668. The smallest absolute Gasteiger partial charge is 0.227 e. The molecule has 0 bridgehead atoms. The summed E-state index contributed by atoms with van der Waals surface area (Å²) < 4.78 is 0. The highest BCUT2D eigenvalue weighted by Gasteiger charge is 2.08. The lowest BCUT2D eigenvalue weighted by molar-refractivity contribution is -0.114. The number of rotatable bonds is 8. The van der Waals surface area contributed by atoms with E-state index in [-0.39, 0.29) is 5.91 Å². The molecule has 0 atom stereocenters. The molecule has 0 aliphatic rings. The number of nitrogens with zero attached hydrogens (tertiary/aromatic N) is 3. The predicted molar refractivity (Wildman–Crippen MR) is 98.9 cm³/mol. The molecule has 2 N–H and O–H groups in total. The Kier molecular flexibility index (Phi) is 6.54. The lowest BCUT2D eigenvalue weighted by Gasteiger charge is -2.21. The summed E-state index contributed by atoms with van der Waals surface area (Å²) in [6.07, 6.45) is 3.88. The molecular formula is C18H25N5O. The molecule has 0 aliphatic carbocycles. The third kappa shape index (κ3) is 5.22. The van der Waals surface area contributed by atoms with Gasteiger partial charge in [-0.2, -0.15) is 4.98 Å². The molecule has 0 spiro atoms. The normalized spacial score (nSPS) is 10.3. The van der Waals surface area contributed by atoms with Gasteiger partial charge in [-0.25, -0.2) is 4.98 Å². The number of anilines is 4. The number of nitrogens with one attached hydrogen (secondary N) is 2. The molecule has 0 saturated carbocycles. The summed E-state index contributed by atoms with van der Waals surface area (Å²) in [6.45, 7) is 7.67. The maximum atomic E-state index is 11.2. The molecule has 0 radical (unpaired) electrons. The van der Waals surface area contributed by atoms with E-state index in [0.717, 1.165) is 49.1 Å². The van der Waals surface area contributed by atoms with Crippen molar-refractivity contribution in [2.45, 2.75) is 33.6 Å². The van der Waals surface area contributed by atoms with Gasteiger partial charge in [0.2, 0.25) is 11.9 Å². The SMILES string of the molecule is CCCN(CCC)c1nccc(Nc2cccc(NC(C)=O)c2)n1. The highest BCUT2D eigenvalue weighted by molar-refractivity contribution is 5.89. The Morgan fingerprint density at radius 2 is 1.83 bits per heavy atom. The molecule has 1 aromatic heterocycles. The highest BCUT2D eigenvalue weighted by Crippen LogP contribution is 2.20. The van der Waals surface area contributed by atoms with Gasteiger partial charge >= 0.3 is 0 Å². The van der Waals surface area contributed by atoms with Crippen LogP contribution >= 0.6 is 0 Å². The second-order valence-corrected chi connectivity index (χ2v) is 5.62. The maximum absolute atomic E-state index is 11.2. The molecule has 0 aliphatic heterocycles. The number of benzene rings is 1. The molecule has 0 fully saturated rings. The van der Waals surface area contributed by atoms with Crippen molar-refractivity contribution in [2.24, 2.45) is 0 Å². The Labute approximate surface area is 143 Å². The summed E-state index contributed by atoms with van der Waals surface area (Å²) in [5.74, 6) is 1.38. The van der Waals surface area contributed by atoms with Crippen LogP contribution in [-0.4, -0.2) is 29.0 Å². The molecule has 128 valence electrons. The largest absolute Gasteiger partial charge is 0.341 e. The van der Waals surface area contributed by atoms with E-state index in [4.69, 9.17) is 0 Å². The zero-order chi connectivity index (χ0) is 17.4. The third-order valence-corrected chi connectivity index (χ3v) is 3.37. The van der Waals surface area contributed by atoms with E-state index in [0.29, 0.717) is 0 Å².